The molecule has 0 atom stereocenters. The smallest absolute Gasteiger partial charge is 0.246 e. The first-order valence-electron chi connectivity index (χ1n) is 7.43. The van der Waals surface area contributed by atoms with Gasteiger partial charge in [-0.15, -0.1) is 0 Å². The van der Waals surface area contributed by atoms with Crippen molar-refractivity contribution in [2.24, 2.45) is 0 Å². The van der Waals surface area contributed by atoms with E-state index in [2.05, 4.69) is 0 Å². The van der Waals surface area contributed by atoms with Crippen LogP contribution in [0.2, 0.25) is 5.02 Å². The maximum absolute atomic E-state index is 12.3. The zero-order valence-corrected chi connectivity index (χ0v) is 14.7. The molecule has 0 N–H and O–H groups in total. The third kappa shape index (κ3) is 4.77. The van der Waals surface area contributed by atoms with Gasteiger partial charge in [0.1, 0.15) is 11.5 Å². The van der Waals surface area contributed by atoms with Crippen LogP contribution in [0.4, 0.5) is 0 Å². The number of amides is 1. The van der Waals surface area contributed by atoms with E-state index in [4.69, 9.17) is 21.1 Å². The van der Waals surface area contributed by atoms with E-state index >= 15 is 0 Å². The van der Waals surface area contributed by atoms with E-state index in [0.717, 1.165) is 11.1 Å². The summed E-state index contributed by atoms with van der Waals surface area (Å²) in [7, 11) is 4.91. The zero-order chi connectivity index (χ0) is 17.5. The molecule has 0 unspecified atom stereocenters. The van der Waals surface area contributed by atoms with Crippen molar-refractivity contribution in [2.75, 3.05) is 21.3 Å². The van der Waals surface area contributed by atoms with Gasteiger partial charge in [-0.1, -0.05) is 29.8 Å². The average molecular weight is 346 g/mol. The number of rotatable bonds is 6. The third-order valence-electron chi connectivity index (χ3n) is 3.53. The second kappa shape index (κ2) is 8.41. The minimum absolute atomic E-state index is 0.114. The molecule has 5 heteroatoms. The molecular weight excluding hydrogens is 326 g/mol. The topological polar surface area (TPSA) is 38.8 Å². The maximum atomic E-state index is 12.3. The summed E-state index contributed by atoms with van der Waals surface area (Å²) in [5, 5.41) is 0.652. The van der Waals surface area contributed by atoms with Crippen LogP contribution in [0.5, 0.6) is 11.5 Å². The van der Waals surface area contributed by atoms with Crippen LogP contribution in [0.1, 0.15) is 11.1 Å². The van der Waals surface area contributed by atoms with E-state index in [-0.39, 0.29) is 5.91 Å². The summed E-state index contributed by atoms with van der Waals surface area (Å²) in [5.41, 5.74) is 1.73. The van der Waals surface area contributed by atoms with E-state index in [1.165, 1.54) is 6.08 Å². The van der Waals surface area contributed by atoms with Crippen LogP contribution in [0, 0.1) is 0 Å². The first kappa shape index (κ1) is 17.9. The summed E-state index contributed by atoms with van der Waals surface area (Å²) in [6.45, 7) is 0.449. The van der Waals surface area contributed by atoms with Crippen molar-refractivity contribution in [1.29, 1.82) is 0 Å². The van der Waals surface area contributed by atoms with Gasteiger partial charge in [-0.3, -0.25) is 4.79 Å². The van der Waals surface area contributed by atoms with Crippen LogP contribution in [0.3, 0.4) is 0 Å². The fourth-order valence-electron chi connectivity index (χ4n) is 2.18. The molecule has 0 aromatic heterocycles. The average Bonchev–Trinajstić information content (AvgIpc) is 2.61. The van der Waals surface area contributed by atoms with Crippen LogP contribution in [-0.4, -0.2) is 32.1 Å². The summed E-state index contributed by atoms with van der Waals surface area (Å²) >= 11 is 6.13. The molecule has 126 valence electrons. The number of hydrogen-bond donors (Lipinski definition) is 0. The minimum atomic E-state index is -0.114. The van der Waals surface area contributed by atoms with Crippen molar-refractivity contribution in [3.05, 3.63) is 64.7 Å². The van der Waals surface area contributed by atoms with Gasteiger partial charge < -0.3 is 14.4 Å². The highest BCUT2D eigenvalue weighted by Crippen LogP contribution is 2.23. The molecule has 2 aromatic carbocycles. The number of ether oxygens (including phenoxy) is 2. The number of benzene rings is 2. The molecule has 0 spiro atoms. The van der Waals surface area contributed by atoms with E-state index in [0.29, 0.717) is 23.1 Å². The molecule has 0 saturated carbocycles. The van der Waals surface area contributed by atoms with Gasteiger partial charge in [-0.05, 0) is 35.4 Å². The fourth-order valence-corrected chi connectivity index (χ4v) is 2.38. The standard InChI is InChI=1S/C19H20ClNO3/c1-21(13-15-6-4-5-7-18(15)20)19(22)9-8-14-10-16(23-2)12-17(11-14)24-3/h4-12H,13H2,1-3H3/b9-8+. The van der Waals surface area contributed by atoms with E-state index in [1.807, 2.05) is 36.4 Å². The molecule has 0 aliphatic heterocycles. The summed E-state index contributed by atoms with van der Waals surface area (Å²) in [4.78, 5) is 13.9. The Morgan fingerprint density at radius 2 is 1.75 bits per heavy atom. The predicted octanol–water partition coefficient (Wildman–Crippen LogP) is 4.03. The monoisotopic (exact) mass is 345 g/mol. The van der Waals surface area contributed by atoms with E-state index < -0.39 is 0 Å². The van der Waals surface area contributed by atoms with Gasteiger partial charge in [-0.25, -0.2) is 0 Å². The molecule has 0 aliphatic rings. The molecule has 0 fully saturated rings. The molecule has 2 aromatic rings. The lowest BCUT2D eigenvalue weighted by Crippen LogP contribution is -2.24. The Balaban J connectivity index is 2.08. The Labute approximate surface area is 147 Å². The lowest BCUT2D eigenvalue weighted by molar-refractivity contribution is -0.125. The van der Waals surface area contributed by atoms with Crippen molar-refractivity contribution < 1.29 is 14.3 Å². The van der Waals surface area contributed by atoms with Gasteiger partial charge in [-0.2, -0.15) is 0 Å². The largest absolute Gasteiger partial charge is 0.497 e. The highest BCUT2D eigenvalue weighted by molar-refractivity contribution is 6.31. The molecule has 2 rings (SSSR count). The number of carbonyl (C=O) groups excluding carboxylic acids is 1. The van der Waals surface area contributed by atoms with Crippen LogP contribution in [-0.2, 0) is 11.3 Å². The molecule has 0 bridgehead atoms. The molecule has 0 heterocycles. The molecule has 0 aliphatic carbocycles. The fraction of sp³-hybridized carbons (Fsp3) is 0.211. The van der Waals surface area contributed by atoms with Crippen LogP contribution >= 0.6 is 11.6 Å². The SMILES string of the molecule is COc1cc(/C=C/C(=O)N(C)Cc2ccccc2Cl)cc(OC)c1. The van der Waals surface area contributed by atoms with Crippen LogP contribution < -0.4 is 9.47 Å². The first-order chi connectivity index (χ1) is 11.5. The highest BCUT2D eigenvalue weighted by atomic mass is 35.5. The number of nitrogens with zero attached hydrogens (tertiary/aromatic N) is 1. The lowest BCUT2D eigenvalue weighted by atomic mass is 10.1. The van der Waals surface area contributed by atoms with Gasteiger partial charge in [0.25, 0.3) is 0 Å². The Morgan fingerprint density at radius 1 is 1.12 bits per heavy atom. The third-order valence-corrected chi connectivity index (χ3v) is 3.90. The minimum Gasteiger partial charge on any atom is -0.497 e. The van der Waals surface area contributed by atoms with E-state index in [1.54, 1.807) is 38.3 Å². The van der Waals surface area contributed by atoms with Gasteiger partial charge >= 0.3 is 0 Å². The first-order valence-corrected chi connectivity index (χ1v) is 7.81. The Morgan fingerprint density at radius 3 is 2.33 bits per heavy atom. The summed E-state index contributed by atoms with van der Waals surface area (Å²) in [6.07, 6.45) is 3.25. The van der Waals surface area contributed by atoms with Crippen LogP contribution in [0.15, 0.2) is 48.5 Å². The maximum Gasteiger partial charge on any atom is 0.246 e. The van der Waals surface area contributed by atoms with E-state index in [9.17, 15) is 4.79 Å². The number of methoxy groups -OCH3 is 2. The summed E-state index contributed by atoms with van der Waals surface area (Å²) < 4.78 is 10.4. The summed E-state index contributed by atoms with van der Waals surface area (Å²) in [5.74, 6) is 1.23. The molecule has 4 nitrogen and oxygen atoms in total. The highest BCUT2D eigenvalue weighted by Gasteiger charge is 2.08. The van der Waals surface area contributed by atoms with Crippen molar-refractivity contribution in [3.63, 3.8) is 0 Å². The van der Waals surface area contributed by atoms with Crippen LogP contribution in [0.25, 0.3) is 6.08 Å². The van der Waals surface area contributed by atoms with Gasteiger partial charge in [0.05, 0.1) is 14.2 Å². The molecule has 0 saturated heterocycles. The Kier molecular flexibility index (Phi) is 6.27. The number of hydrogen-bond acceptors (Lipinski definition) is 3. The van der Waals surface area contributed by atoms with Gasteiger partial charge in [0, 0.05) is 30.8 Å². The zero-order valence-electron chi connectivity index (χ0n) is 14.0. The molecule has 1 amide bonds. The number of carbonyl (C=O) groups is 1. The molecule has 24 heavy (non-hydrogen) atoms. The van der Waals surface area contributed by atoms with Crippen molar-refractivity contribution in [3.8, 4) is 11.5 Å². The van der Waals surface area contributed by atoms with Gasteiger partial charge in [0.2, 0.25) is 5.91 Å². The van der Waals surface area contributed by atoms with Gasteiger partial charge in [0.15, 0.2) is 0 Å². The second-order valence-electron chi connectivity index (χ2n) is 5.27. The Bertz CT molecular complexity index is 721. The van der Waals surface area contributed by atoms with Crippen molar-refractivity contribution in [1.82, 2.24) is 4.90 Å². The predicted molar refractivity (Wildman–Crippen MR) is 96.5 cm³/mol. The number of halogens is 1. The molecule has 0 radical (unpaired) electrons. The Hall–Kier alpha value is -2.46. The van der Waals surface area contributed by atoms with Crippen molar-refractivity contribution >= 4 is 23.6 Å². The normalized spacial score (nSPS) is 10.7. The quantitative estimate of drug-likeness (QED) is 0.742. The summed E-state index contributed by atoms with van der Waals surface area (Å²) in [6, 6.07) is 12.9. The lowest BCUT2D eigenvalue weighted by Gasteiger charge is -2.16. The van der Waals surface area contributed by atoms with Crippen molar-refractivity contribution in [2.45, 2.75) is 6.54 Å². The second-order valence-corrected chi connectivity index (χ2v) is 5.67. The number of likely N-dealkylation sites (N-methyl/N-ethyl adjacent to an activating group) is 1. The molecular formula is C19H20ClNO3.